The van der Waals surface area contributed by atoms with E-state index in [9.17, 15) is 5.11 Å². The molecule has 2 nitrogen and oxygen atoms in total. The fourth-order valence-corrected chi connectivity index (χ4v) is 1.52. The Kier molecular flexibility index (Phi) is 4.39. The number of halogens is 1. The number of aryl methyl sites for hydroxylation is 1. The van der Waals surface area contributed by atoms with E-state index in [1.54, 1.807) is 0 Å². The van der Waals surface area contributed by atoms with E-state index in [-0.39, 0.29) is 6.10 Å². The van der Waals surface area contributed by atoms with E-state index in [1.807, 2.05) is 25.1 Å². The largest absolute Gasteiger partial charge is 0.393 e. The third-order valence-corrected chi connectivity index (χ3v) is 2.62. The Bertz CT molecular complexity index is 301. The summed E-state index contributed by atoms with van der Waals surface area (Å²) in [6, 6.07) is 5.80. The fraction of sp³-hybridized carbons (Fsp3) is 0.455. The number of benzene rings is 1. The van der Waals surface area contributed by atoms with Crippen molar-refractivity contribution in [1.82, 2.24) is 0 Å². The van der Waals surface area contributed by atoms with Crippen molar-refractivity contribution in [2.75, 3.05) is 6.54 Å². The molecule has 1 atom stereocenters. The first kappa shape index (κ1) is 11.5. The Labute approximate surface area is 89.7 Å². The second-order valence-electron chi connectivity index (χ2n) is 3.52. The zero-order valence-corrected chi connectivity index (χ0v) is 9.09. The molecule has 78 valence electrons. The van der Waals surface area contributed by atoms with E-state index < -0.39 is 0 Å². The second-order valence-corrected chi connectivity index (χ2v) is 3.93. The van der Waals surface area contributed by atoms with E-state index in [0.717, 1.165) is 16.1 Å². The summed E-state index contributed by atoms with van der Waals surface area (Å²) in [7, 11) is 0. The van der Waals surface area contributed by atoms with Crippen LogP contribution in [0.3, 0.4) is 0 Å². The van der Waals surface area contributed by atoms with Crippen molar-refractivity contribution in [3.63, 3.8) is 0 Å². The Hall–Kier alpha value is -0.570. The molecule has 1 rings (SSSR count). The van der Waals surface area contributed by atoms with E-state index >= 15 is 0 Å². The van der Waals surface area contributed by atoms with Crippen LogP contribution in [-0.4, -0.2) is 17.8 Å². The Morgan fingerprint density at radius 3 is 2.79 bits per heavy atom. The maximum atomic E-state index is 9.55. The summed E-state index contributed by atoms with van der Waals surface area (Å²) in [6.07, 6.45) is 0.942. The van der Waals surface area contributed by atoms with Crippen LogP contribution in [0.25, 0.3) is 0 Å². The lowest BCUT2D eigenvalue weighted by atomic mass is 10.0. The normalized spacial score (nSPS) is 12.9. The zero-order chi connectivity index (χ0) is 10.6. The lowest BCUT2D eigenvalue weighted by Gasteiger charge is -2.09. The van der Waals surface area contributed by atoms with Gasteiger partial charge in [-0.15, -0.1) is 0 Å². The molecule has 0 amide bonds. The number of hydrogen-bond donors (Lipinski definition) is 2. The molecule has 14 heavy (non-hydrogen) atoms. The van der Waals surface area contributed by atoms with Crippen LogP contribution in [0.4, 0.5) is 0 Å². The number of aliphatic hydroxyl groups is 1. The molecule has 0 heterocycles. The van der Waals surface area contributed by atoms with E-state index in [4.69, 9.17) is 17.3 Å². The minimum Gasteiger partial charge on any atom is -0.393 e. The third kappa shape index (κ3) is 3.29. The molecule has 0 saturated heterocycles. The Balaban J connectivity index is 2.63. The molecule has 1 unspecified atom stereocenters. The summed E-state index contributed by atoms with van der Waals surface area (Å²) in [6.45, 7) is 2.48. The molecule has 3 heteroatoms. The highest BCUT2D eigenvalue weighted by molar-refractivity contribution is 6.31. The Morgan fingerprint density at radius 2 is 2.21 bits per heavy atom. The van der Waals surface area contributed by atoms with E-state index in [1.165, 1.54) is 0 Å². The predicted octanol–water partition coefficient (Wildman–Crippen LogP) is 1.90. The van der Waals surface area contributed by atoms with Crippen LogP contribution in [0.2, 0.25) is 5.02 Å². The fourth-order valence-electron chi connectivity index (χ4n) is 1.40. The van der Waals surface area contributed by atoms with Crippen molar-refractivity contribution < 1.29 is 5.11 Å². The molecule has 0 aliphatic carbocycles. The van der Waals surface area contributed by atoms with Gasteiger partial charge in [-0.1, -0.05) is 23.7 Å². The van der Waals surface area contributed by atoms with Gasteiger partial charge in [-0.2, -0.15) is 0 Å². The molecule has 0 bridgehead atoms. The standard InChI is InChI=1S/C11H16ClNO/c1-8-6-9(2-3-11(8)12)7-10(14)4-5-13/h2-3,6,10,14H,4-5,7,13H2,1H3. The number of hydrogen-bond acceptors (Lipinski definition) is 2. The van der Waals surface area contributed by atoms with Gasteiger partial charge in [0.15, 0.2) is 0 Å². The predicted molar refractivity (Wildman–Crippen MR) is 59.6 cm³/mol. The van der Waals surface area contributed by atoms with Gasteiger partial charge in [0.2, 0.25) is 0 Å². The third-order valence-electron chi connectivity index (χ3n) is 2.19. The maximum Gasteiger partial charge on any atom is 0.0592 e. The molecule has 0 spiro atoms. The van der Waals surface area contributed by atoms with E-state index in [2.05, 4.69) is 0 Å². The van der Waals surface area contributed by atoms with Gasteiger partial charge in [-0.05, 0) is 43.5 Å². The van der Waals surface area contributed by atoms with Crippen LogP contribution < -0.4 is 5.73 Å². The van der Waals surface area contributed by atoms with Crippen LogP contribution in [-0.2, 0) is 6.42 Å². The highest BCUT2D eigenvalue weighted by atomic mass is 35.5. The lowest BCUT2D eigenvalue weighted by Crippen LogP contribution is -2.15. The summed E-state index contributed by atoms with van der Waals surface area (Å²) in [5.74, 6) is 0. The molecular weight excluding hydrogens is 198 g/mol. The van der Waals surface area contributed by atoms with Crippen LogP contribution in [0, 0.1) is 6.92 Å². The van der Waals surface area contributed by atoms with Gasteiger partial charge in [0.25, 0.3) is 0 Å². The minimum absolute atomic E-state index is 0.347. The van der Waals surface area contributed by atoms with Crippen LogP contribution in [0.5, 0.6) is 0 Å². The second kappa shape index (κ2) is 5.35. The van der Waals surface area contributed by atoms with Gasteiger partial charge in [0, 0.05) is 5.02 Å². The van der Waals surface area contributed by atoms with E-state index in [0.29, 0.717) is 19.4 Å². The quantitative estimate of drug-likeness (QED) is 0.803. The average Bonchev–Trinajstić information content (AvgIpc) is 2.12. The van der Waals surface area contributed by atoms with Crippen molar-refractivity contribution in [2.45, 2.75) is 25.9 Å². The van der Waals surface area contributed by atoms with Crippen LogP contribution in [0.1, 0.15) is 17.5 Å². The van der Waals surface area contributed by atoms with Gasteiger partial charge >= 0.3 is 0 Å². The number of rotatable bonds is 4. The Morgan fingerprint density at radius 1 is 1.50 bits per heavy atom. The first-order chi connectivity index (χ1) is 6.63. The average molecular weight is 214 g/mol. The summed E-state index contributed by atoms with van der Waals surface area (Å²) in [5, 5.41) is 10.3. The molecule has 0 aliphatic rings. The topological polar surface area (TPSA) is 46.2 Å². The lowest BCUT2D eigenvalue weighted by molar-refractivity contribution is 0.167. The summed E-state index contributed by atoms with van der Waals surface area (Å²) < 4.78 is 0. The van der Waals surface area contributed by atoms with Crippen molar-refractivity contribution >= 4 is 11.6 Å². The molecule has 3 N–H and O–H groups in total. The van der Waals surface area contributed by atoms with Gasteiger partial charge in [-0.3, -0.25) is 0 Å². The SMILES string of the molecule is Cc1cc(CC(O)CCN)ccc1Cl. The maximum absolute atomic E-state index is 9.55. The van der Waals surface area contributed by atoms with Gasteiger partial charge in [0.1, 0.15) is 0 Å². The minimum atomic E-state index is -0.347. The molecule has 0 saturated carbocycles. The van der Waals surface area contributed by atoms with Gasteiger partial charge in [-0.25, -0.2) is 0 Å². The summed E-state index contributed by atoms with van der Waals surface area (Å²) >= 11 is 5.90. The molecule has 0 fully saturated rings. The van der Waals surface area contributed by atoms with Crippen LogP contribution in [0.15, 0.2) is 18.2 Å². The van der Waals surface area contributed by atoms with Crippen molar-refractivity contribution in [1.29, 1.82) is 0 Å². The summed E-state index contributed by atoms with van der Waals surface area (Å²) in [4.78, 5) is 0. The molecule has 1 aromatic rings. The van der Waals surface area contributed by atoms with Crippen molar-refractivity contribution in [3.05, 3.63) is 34.3 Å². The van der Waals surface area contributed by atoms with Gasteiger partial charge < -0.3 is 10.8 Å². The highest BCUT2D eigenvalue weighted by Crippen LogP contribution is 2.17. The smallest absolute Gasteiger partial charge is 0.0592 e. The van der Waals surface area contributed by atoms with Crippen molar-refractivity contribution in [2.24, 2.45) is 5.73 Å². The number of nitrogens with two attached hydrogens (primary N) is 1. The monoisotopic (exact) mass is 213 g/mol. The van der Waals surface area contributed by atoms with Gasteiger partial charge in [0.05, 0.1) is 6.10 Å². The molecule has 0 radical (unpaired) electrons. The molecule has 1 aromatic carbocycles. The van der Waals surface area contributed by atoms with Crippen molar-refractivity contribution in [3.8, 4) is 0 Å². The molecule has 0 aliphatic heterocycles. The first-order valence-electron chi connectivity index (χ1n) is 4.76. The molecule has 0 aromatic heterocycles. The molecular formula is C11H16ClNO. The van der Waals surface area contributed by atoms with Crippen LogP contribution >= 0.6 is 11.6 Å². The summed E-state index contributed by atoms with van der Waals surface area (Å²) in [5.41, 5.74) is 7.51. The zero-order valence-electron chi connectivity index (χ0n) is 8.33. The number of aliphatic hydroxyl groups excluding tert-OH is 1. The first-order valence-corrected chi connectivity index (χ1v) is 5.14. The highest BCUT2D eigenvalue weighted by Gasteiger charge is 2.05.